The number of benzene rings is 1. The SMILES string of the molecule is COc1cc2oc3c(c2cc1/C(C)=C/C(=O)N1CCN(Cc2ccncc2)CC1)CCCC3. The lowest BCUT2D eigenvalue weighted by molar-refractivity contribution is -0.127. The van der Waals surface area contributed by atoms with E-state index in [-0.39, 0.29) is 5.91 Å². The molecule has 5 rings (SSSR count). The van der Waals surface area contributed by atoms with Crippen molar-refractivity contribution in [3.05, 3.63) is 65.2 Å². The summed E-state index contributed by atoms with van der Waals surface area (Å²) in [6.45, 7) is 6.10. The van der Waals surface area contributed by atoms with Crippen molar-refractivity contribution < 1.29 is 13.9 Å². The average Bonchev–Trinajstić information content (AvgIpc) is 3.21. The van der Waals surface area contributed by atoms with E-state index in [2.05, 4.69) is 16.0 Å². The molecule has 6 nitrogen and oxygen atoms in total. The van der Waals surface area contributed by atoms with E-state index < -0.39 is 0 Å². The molecule has 1 aliphatic heterocycles. The molecule has 3 aromatic rings. The first-order chi connectivity index (χ1) is 16.1. The first-order valence-electron chi connectivity index (χ1n) is 11.8. The maximum atomic E-state index is 13.1. The van der Waals surface area contributed by atoms with Crippen molar-refractivity contribution in [2.75, 3.05) is 33.3 Å². The van der Waals surface area contributed by atoms with Gasteiger partial charge in [0.15, 0.2) is 0 Å². The van der Waals surface area contributed by atoms with Crippen LogP contribution in [0, 0.1) is 0 Å². The Balaban J connectivity index is 1.30. The fourth-order valence-electron chi connectivity index (χ4n) is 4.99. The molecular formula is C27H31N3O3. The van der Waals surface area contributed by atoms with E-state index in [1.54, 1.807) is 13.2 Å². The molecule has 1 aliphatic carbocycles. The van der Waals surface area contributed by atoms with Crippen LogP contribution in [0.2, 0.25) is 0 Å². The molecule has 33 heavy (non-hydrogen) atoms. The van der Waals surface area contributed by atoms with Crippen LogP contribution in [0.5, 0.6) is 5.75 Å². The predicted octanol–water partition coefficient (Wildman–Crippen LogP) is 4.46. The van der Waals surface area contributed by atoms with E-state index in [0.29, 0.717) is 0 Å². The first kappa shape index (κ1) is 21.7. The summed E-state index contributed by atoms with van der Waals surface area (Å²) in [6.07, 6.45) is 9.85. The number of rotatable bonds is 5. The van der Waals surface area contributed by atoms with Crippen LogP contribution in [0.1, 0.15) is 42.2 Å². The second-order valence-corrected chi connectivity index (χ2v) is 9.04. The Morgan fingerprint density at radius 2 is 1.88 bits per heavy atom. The lowest BCUT2D eigenvalue weighted by Gasteiger charge is -2.34. The van der Waals surface area contributed by atoms with Gasteiger partial charge in [0.25, 0.3) is 0 Å². The van der Waals surface area contributed by atoms with E-state index in [4.69, 9.17) is 9.15 Å². The standard InChI is InChI=1S/C27H31N3O3/c1-19(15-27(31)30-13-11-29(12-14-30)18-20-7-9-28-10-8-20)22-16-23-21-5-3-4-6-24(21)33-26(23)17-25(22)32-2/h7-10,15-17H,3-6,11-14,18H2,1-2H3/b19-15+. The normalized spacial score (nSPS) is 17.3. The van der Waals surface area contributed by atoms with Crippen LogP contribution in [0.15, 0.2) is 47.2 Å². The lowest BCUT2D eigenvalue weighted by atomic mass is 9.94. The Kier molecular flexibility index (Phi) is 6.18. The van der Waals surface area contributed by atoms with Crippen molar-refractivity contribution in [3.63, 3.8) is 0 Å². The number of allylic oxidation sites excluding steroid dienone is 1. The molecule has 1 aromatic carbocycles. The van der Waals surface area contributed by atoms with Gasteiger partial charge in [0.1, 0.15) is 17.1 Å². The minimum Gasteiger partial charge on any atom is -0.496 e. The summed E-state index contributed by atoms with van der Waals surface area (Å²) < 4.78 is 11.8. The summed E-state index contributed by atoms with van der Waals surface area (Å²) in [7, 11) is 1.67. The third-order valence-electron chi connectivity index (χ3n) is 6.88. The third-order valence-corrected chi connectivity index (χ3v) is 6.88. The van der Waals surface area contributed by atoms with E-state index in [1.807, 2.05) is 42.4 Å². The minimum atomic E-state index is 0.0624. The fraction of sp³-hybridized carbons (Fsp3) is 0.407. The van der Waals surface area contributed by atoms with Gasteiger partial charge in [-0.1, -0.05) is 0 Å². The molecule has 2 aromatic heterocycles. The summed E-state index contributed by atoms with van der Waals surface area (Å²) in [5.74, 6) is 1.92. The Morgan fingerprint density at radius 3 is 2.64 bits per heavy atom. The van der Waals surface area contributed by atoms with E-state index >= 15 is 0 Å². The molecule has 172 valence electrons. The van der Waals surface area contributed by atoms with Gasteiger partial charge >= 0.3 is 0 Å². The molecule has 0 atom stereocenters. The minimum absolute atomic E-state index is 0.0624. The van der Waals surface area contributed by atoms with Crippen LogP contribution < -0.4 is 4.74 Å². The van der Waals surface area contributed by atoms with Gasteiger partial charge in [-0.2, -0.15) is 0 Å². The number of pyridine rings is 1. The van der Waals surface area contributed by atoms with Crippen molar-refractivity contribution in [1.29, 1.82) is 0 Å². The van der Waals surface area contributed by atoms with Gasteiger partial charge < -0.3 is 14.1 Å². The van der Waals surface area contributed by atoms with Gasteiger partial charge in [-0.3, -0.25) is 14.7 Å². The van der Waals surface area contributed by atoms with E-state index in [9.17, 15) is 4.79 Å². The molecule has 1 amide bonds. The molecule has 0 saturated carbocycles. The average molecular weight is 446 g/mol. The van der Waals surface area contributed by atoms with Crippen LogP contribution in [-0.4, -0.2) is 54.0 Å². The second-order valence-electron chi connectivity index (χ2n) is 9.04. The van der Waals surface area contributed by atoms with Gasteiger partial charge in [-0.05, 0) is 55.5 Å². The maximum Gasteiger partial charge on any atom is 0.246 e. The highest BCUT2D eigenvalue weighted by Crippen LogP contribution is 2.37. The Morgan fingerprint density at radius 1 is 1.12 bits per heavy atom. The summed E-state index contributed by atoms with van der Waals surface area (Å²) in [5, 5.41) is 1.16. The van der Waals surface area contributed by atoms with Gasteiger partial charge in [0, 0.05) is 80.2 Å². The van der Waals surface area contributed by atoms with E-state index in [0.717, 1.165) is 79.2 Å². The highest BCUT2D eigenvalue weighted by atomic mass is 16.5. The van der Waals surface area contributed by atoms with Crippen molar-refractivity contribution in [2.24, 2.45) is 0 Å². The van der Waals surface area contributed by atoms with Crippen LogP contribution >= 0.6 is 0 Å². The first-order valence-corrected chi connectivity index (χ1v) is 11.8. The molecular weight excluding hydrogens is 414 g/mol. The Labute approximate surface area is 194 Å². The summed E-state index contributed by atoms with van der Waals surface area (Å²) in [5.41, 5.74) is 5.34. The number of hydrogen-bond donors (Lipinski definition) is 0. The van der Waals surface area contributed by atoms with Gasteiger partial charge in [-0.15, -0.1) is 0 Å². The number of fused-ring (bicyclic) bond motifs is 3. The number of nitrogens with zero attached hydrogens (tertiary/aromatic N) is 3. The molecule has 0 spiro atoms. The van der Waals surface area contributed by atoms with Gasteiger partial charge in [-0.25, -0.2) is 0 Å². The fourth-order valence-corrected chi connectivity index (χ4v) is 4.99. The van der Waals surface area contributed by atoms with Crippen molar-refractivity contribution >= 4 is 22.4 Å². The van der Waals surface area contributed by atoms with Crippen LogP contribution in [0.4, 0.5) is 0 Å². The molecule has 2 aliphatic rings. The number of ether oxygens (including phenoxy) is 1. The van der Waals surface area contributed by atoms with Gasteiger partial charge in [0.05, 0.1) is 7.11 Å². The zero-order valence-electron chi connectivity index (χ0n) is 19.5. The summed E-state index contributed by atoms with van der Waals surface area (Å²) >= 11 is 0. The smallest absolute Gasteiger partial charge is 0.246 e. The molecule has 0 unspecified atom stereocenters. The number of carbonyl (C=O) groups is 1. The largest absolute Gasteiger partial charge is 0.496 e. The number of carbonyl (C=O) groups excluding carboxylic acids is 1. The quantitative estimate of drug-likeness (QED) is 0.543. The number of aromatic nitrogens is 1. The highest BCUT2D eigenvalue weighted by molar-refractivity contribution is 5.97. The monoisotopic (exact) mass is 445 g/mol. The number of amides is 1. The number of furan rings is 1. The number of aryl methyl sites for hydroxylation is 2. The van der Waals surface area contributed by atoms with Crippen molar-refractivity contribution in [2.45, 2.75) is 39.2 Å². The molecule has 6 heteroatoms. The Bertz CT molecular complexity index is 1170. The topological polar surface area (TPSA) is 58.8 Å². The highest BCUT2D eigenvalue weighted by Gasteiger charge is 2.22. The van der Waals surface area contributed by atoms with E-state index in [1.165, 1.54) is 24.0 Å². The molecule has 0 N–H and O–H groups in total. The van der Waals surface area contributed by atoms with Crippen LogP contribution in [-0.2, 0) is 24.2 Å². The summed E-state index contributed by atoms with van der Waals surface area (Å²) in [6, 6.07) is 8.21. The summed E-state index contributed by atoms with van der Waals surface area (Å²) in [4.78, 5) is 21.5. The molecule has 1 saturated heterocycles. The lowest BCUT2D eigenvalue weighted by Crippen LogP contribution is -2.47. The molecule has 1 fully saturated rings. The van der Waals surface area contributed by atoms with Gasteiger partial charge in [0.2, 0.25) is 5.91 Å². The number of hydrogen-bond acceptors (Lipinski definition) is 5. The van der Waals surface area contributed by atoms with Crippen molar-refractivity contribution in [3.8, 4) is 5.75 Å². The Hall–Kier alpha value is -3.12. The second kappa shape index (κ2) is 9.40. The molecule has 3 heterocycles. The van der Waals surface area contributed by atoms with Crippen LogP contribution in [0.25, 0.3) is 16.5 Å². The third kappa shape index (κ3) is 4.53. The molecule has 0 radical (unpaired) electrons. The maximum absolute atomic E-state index is 13.1. The zero-order chi connectivity index (χ0) is 22.8. The molecule has 0 bridgehead atoms. The zero-order valence-corrected chi connectivity index (χ0v) is 19.5. The predicted molar refractivity (Wildman–Crippen MR) is 129 cm³/mol. The number of methoxy groups -OCH3 is 1. The van der Waals surface area contributed by atoms with Crippen molar-refractivity contribution in [1.82, 2.24) is 14.8 Å². The number of piperazine rings is 1. The van der Waals surface area contributed by atoms with Crippen LogP contribution in [0.3, 0.4) is 0 Å².